The number of anilines is 1. The van der Waals surface area contributed by atoms with Crippen LogP contribution < -0.4 is 26.6 Å². The molecule has 5 N–H and O–H groups in total. The fourth-order valence-electron chi connectivity index (χ4n) is 1.94. The van der Waals surface area contributed by atoms with Crippen LogP contribution in [0.5, 0.6) is 5.75 Å². The minimum atomic E-state index is -0.771. The molecule has 1 rings (SSSR count). The van der Waals surface area contributed by atoms with E-state index in [4.69, 9.17) is 15.3 Å². The van der Waals surface area contributed by atoms with Crippen molar-refractivity contribution in [1.29, 1.82) is 0 Å². The topological polar surface area (TPSA) is 115 Å². The largest absolute Gasteiger partial charge is 0.491 e. The van der Waals surface area contributed by atoms with Gasteiger partial charge in [0.15, 0.2) is 0 Å². The average molecular weight is 352 g/mol. The molecule has 1 aromatic rings. The van der Waals surface area contributed by atoms with E-state index in [9.17, 15) is 9.59 Å². The van der Waals surface area contributed by atoms with E-state index in [1.54, 1.807) is 39.0 Å². The lowest BCUT2D eigenvalue weighted by Crippen LogP contribution is -2.49. The number of nitrogens with two attached hydrogens (primary N) is 1. The predicted molar refractivity (Wildman–Crippen MR) is 96.2 cm³/mol. The molecule has 140 valence electrons. The summed E-state index contributed by atoms with van der Waals surface area (Å²) < 4.78 is 10.8. The Kier molecular flexibility index (Phi) is 7.50. The Hall–Kier alpha value is -2.48. The highest BCUT2D eigenvalue weighted by atomic mass is 16.6. The van der Waals surface area contributed by atoms with E-state index < -0.39 is 23.6 Å². The summed E-state index contributed by atoms with van der Waals surface area (Å²) in [5, 5.41) is 5.57. The van der Waals surface area contributed by atoms with Gasteiger partial charge in [-0.25, -0.2) is 10.6 Å². The van der Waals surface area contributed by atoms with Crippen molar-refractivity contribution in [2.45, 2.75) is 52.4 Å². The van der Waals surface area contributed by atoms with Crippen molar-refractivity contribution in [1.82, 2.24) is 10.7 Å². The molecular weight excluding hydrogens is 324 g/mol. The van der Waals surface area contributed by atoms with Crippen LogP contribution in [0.3, 0.4) is 0 Å². The summed E-state index contributed by atoms with van der Waals surface area (Å²) in [6, 6.07) is 6.41. The second-order valence-electron chi connectivity index (χ2n) is 6.78. The van der Waals surface area contributed by atoms with Gasteiger partial charge in [0.05, 0.1) is 12.6 Å². The maximum atomic E-state index is 12.0. The number of amides is 2. The van der Waals surface area contributed by atoms with E-state index >= 15 is 0 Å². The van der Waals surface area contributed by atoms with Crippen LogP contribution >= 0.6 is 0 Å². The van der Waals surface area contributed by atoms with Crippen molar-refractivity contribution in [2.75, 3.05) is 11.9 Å². The van der Waals surface area contributed by atoms with Crippen LogP contribution in [0.1, 0.15) is 34.6 Å². The first-order chi connectivity index (χ1) is 11.6. The number of carbonyl (C=O) groups excluding carboxylic acids is 2. The zero-order chi connectivity index (χ0) is 19.0. The van der Waals surface area contributed by atoms with Gasteiger partial charge in [-0.3, -0.25) is 10.2 Å². The first kappa shape index (κ1) is 20.6. The SMILES string of the molecule is CC(C)Oc1cccc(N[C@@H](CNC(=O)OC(C)(C)C)C(=O)NN)c1. The van der Waals surface area contributed by atoms with Crippen molar-refractivity contribution in [2.24, 2.45) is 5.84 Å². The monoisotopic (exact) mass is 352 g/mol. The highest BCUT2D eigenvalue weighted by Crippen LogP contribution is 2.19. The molecular formula is C17H28N4O4. The molecule has 0 radical (unpaired) electrons. The highest BCUT2D eigenvalue weighted by Gasteiger charge is 2.21. The van der Waals surface area contributed by atoms with Crippen LogP contribution in [0.2, 0.25) is 0 Å². The van der Waals surface area contributed by atoms with E-state index in [1.807, 2.05) is 19.9 Å². The van der Waals surface area contributed by atoms with E-state index in [2.05, 4.69) is 16.1 Å². The average Bonchev–Trinajstić information content (AvgIpc) is 2.48. The van der Waals surface area contributed by atoms with Gasteiger partial charge in [-0.2, -0.15) is 0 Å². The molecule has 0 aliphatic carbocycles. The summed E-state index contributed by atoms with van der Waals surface area (Å²) in [6.07, 6.45) is -0.576. The van der Waals surface area contributed by atoms with E-state index in [0.717, 1.165) is 0 Å². The van der Waals surface area contributed by atoms with Crippen LogP contribution in [0.4, 0.5) is 10.5 Å². The van der Waals surface area contributed by atoms with Crippen molar-refractivity contribution in [3.8, 4) is 5.75 Å². The Labute approximate surface area is 148 Å². The normalized spacial score (nSPS) is 12.3. The number of hydrogen-bond donors (Lipinski definition) is 4. The molecule has 8 nitrogen and oxygen atoms in total. The maximum Gasteiger partial charge on any atom is 0.407 e. The van der Waals surface area contributed by atoms with Crippen LogP contribution in [0.15, 0.2) is 24.3 Å². The lowest BCUT2D eigenvalue weighted by Gasteiger charge is -2.22. The summed E-state index contributed by atoms with van der Waals surface area (Å²) in [7, 11) is 0. The Morgan fingerprint density at radius 2 is 1.92 bits per heavy atom. The van der Waals surface area contributed by atoms with Crippen molar-refractivity contribution in [3.63, 3.8) is 0 Å². The van der Waals surface area contributed by atoms with Crippen molar-refractivity contribution >= 4 is 17.7 Å². The second-order valence-corrected chi connectivity index (χ2v) is 6.78. The number of alkyl carbamates (subject to hydrolysis) is 1. The fourth-order valence-corrected chi connectivity index (χ4v) is 1.94. The van der Waals surface area contributed by atoms with Gasteiger partial charge in [-0.15, -0.1) is 0 Å². The number of rotatable bonds is 7. The molecule has 0 bridgehead atoms. The molecule has 0 aliphatic rings. The molecule has 1 aromatic carbocycles. The van der Waals surface area contributed by atoms with Gasteiger partial charge in [-0.05, 0) is 46.8 Å². The third-order valence-corrected chi connectivity index (χ3v) is 2.85. The molecule has 2 amide bonds. The summed E-state index contributed by atoms with van der Waals surface area (Å²) >= 11 is 0. The molecule has 0 saturated heterocycles. The number of hydrogen-bond acceptors (Lipinski definition) is 6. The van der Waals surface area contributed by atoms with Crippen LogP contribution in [-0.4, -0.2) is 36.3 Å². The van der Waals surface area contributed by atoms with Crippen LogP contribution in [-0.2, 0) is 9.53 Å². The molecule has 0 unspecified atom stereocenters. The summed E-state index contributed by atoms with van der Waals surface area (Å²) in [5.74, 6) is 5.43. The van der Waals surface area contributed by atoms with Gasteiger partial charge in [0.25, 0.3) is 5.91 Å². The molecule has 0 aromatic heterocycles. The summed E-state index contributed by atoms with van der Waals surface area (Å²) in [4.78, 5) is 23.7. The highest BCUT2D eigenvalue weighted by molar-refractivity contribution is 5.85. The van der Waals surface area contributed by atoms with Gasteiger partial charge in [0.2, 0.25) is 0 Å². The van der Waals surface area contributed by atoms with Gasteiger partial charge >= 0.3 is 6.09 Å². The standard InChI is InChI=1S/C17H28N4O4/c1-11(2)24-13-8-6-7-12(9-13)20-14(15(22)21-18)10-19-16(23)25-17(3,4)5/h6-9,11,14,20H,10,18H2,1-5H3,(H,19,23)(H,21,22)/t14-/m0/s1. The maximum absolute atomic E-state index is 12.0. The zero-order valence-corrected chi connectivity index (χ0v) is 15.4. The van der Waals surface area contributed by atoms with Gasteiger partial charge in [0, 0.05) is 11.8 Å². The Morgan fingerprint density at radius 1 is 1.24 bits per heavy atom. The Balaban J connectivity index is 2.73. The van der Waals surface area contributed by atoms with Gasteiger partial charge in [-0.1, -0.05) is 6.07 Å². The fraction of sp³-hybridized carbons (Fsp3) is 0.529. The number of hydrazine groups is 1. The first-order valence-corrected chi connectivity index (χ1v) is 8.11. The van der Waals surface area contributed by atoms with E-state index in [0.29, 0.717) is 11.4 Å². The lowest BCUT2D eigenvalue weighted by molar-refractivity contribution is -0.121. The zero-order valence-electron chi connectivity index (χ0n) is 15.4. The predicted octanol–water partition coefficient (Wildman–Crippen LogP) is 1.77. The third kappa shape index (κ3) is 8.25. The number of ether oxygens (including phenoxy) is 2. The van der Waals surface area contributed by atoms with Gasteiger partial charge < -0.3 is 20.1 Å². The molecule has 1 atom stereocenters. The van der Waals surface area contributed by atoms with Crippen molar-refractivity contribution < 1.29 is 19.1 Å². The molecule has 0 heterocycles. The second kappa shape index (κ2) is 9.12. The molecule has 25 heavy (non-hydrogen) atoms. The third-order valence-electron chi connectivity index (χ3n) is 2.85. The number of carbonyl (C=O) groups is 2. The summed E-state index contributed by atoms with van der Waals surface area (Å²) in [5.41, 5.74) is 2.12. The summed E-state index contributed by atoms with van der Waals surface area (Å²) in [6.45, 7) is 9.14. The minimum absolute atomic E-state index is 0.00715. The van der Waals surface area contributed by atoms with Crippen LogP contribution in [0.25, 0.3) is 0 Å². The molecule has 0 saturated carbocycles. The molecule has 0 spiro atoms. The molecule has 0 fully saturated rings. The Bertz CT molecular complexity index is 584. The van der Waals surface area contributed by atoms with E-state index in [-0.39, 0.29) is 12.6 Å². The minimum Gasteiger partial charge on any atom is -0.491 e. The first-order valence-electron chi connectivity index (χ1n) is 8.11. The number of benzene rings is 1. The number of nitrogens with one attached hydrogen (secondary N) is 3. The molecule has 8 heteroatoms. The van der Waals surface area contributed by atoms with Crippen molar-refractivity contribution in [3.05, 3.63) is 24.3 Å². The van der Waals surface area contributed by atoms with Crippen LogP contribution in [0, 0.1) is 0 Å². The van der Waals surface area contributed by atoms with Gasteiger partial charge in [0.1, 0.15) is 17.4 Å². The Morgan fingerprint density at radius 3 is 2.48 bits per heavy atom. The molecule has 0 aliphatic heterocycles. The lowest BCUT2D eigenvalue weighted by atomic mass is 10.2. The van der Waals surface area contributed by atoms with E-state index in [1.165, 1.54) is 0 Å². The quantitative estimate of drug-likeness (QED) is 0.338. The smallest absolute Gasteiger partial charge is 0.407 e.